The molecule has 0 fully saturated rings. The first-order valence-electron chi connectivity index (χ1n) is 6.78. The fourth-order valence-corrected chi connectivity index (χ4v) is 2.89. The Morgan fingerprint density at radius 1 is 1.14 bits per heavy atom. The third kappa shape index (κ3) is 4.00. The Balaban J connectivity index is 1.91. The predicted molar refractivity (Wildman–Crippen MR) is 85.8 cm³/mol. The molecule has 0 aliphatic rings. The van der Waals surface area contributed by atoms with Gasteiger partial charge < -0.3 is 4.74 Å². The van der Waals surface area contributed by atoms with Gasteiger partial charge in [-0.05, 0) is 49.7 Å². The van der Waals surface area contributed by atoms with Crippen LogP contribution in [0.3, 0.4) is 0 Å². The molecule has 0 atom stereocenters. The Labute approximate surface area is 134 Å². The standard InChI is InChI=1S/C17H15N3OS/c1-12-9-13(2)20-17(16(12)11-19)22-8-7-21-15-5-3-14(10-18)4-6-15/h3-6,9H,7-8H2,1-2H3. The fraction of sp³-hybridized carbons (Fsp3) is 0.235. The molecule has 0 aliphatic carbocycles. The first-order valence-corrected chi connectivity index (χ1v) is 7.76. The number of rotatable bonds is 5. The van der Waals surface area contributed by atoms with E-state index in [4.69, 9.17) is 10.00 Å². The summed E-state index contributed by atoms with van der Waals surface area (Å²) in [4.78, 5) is 4.42. The van der Waals surface area contributed by atoms with Gasteiger partial charge in [0.25, 0.3) is 0 Å². The number of hydrogen-bond acceptors (Lipinski definition) is 5. The van der Waals surface area contributed by atoms with Crippen LogP contribution in [0.25, 0.3) is 0 Å². The van der Waals surface area contributed by atoms with Crippen LogP contribution in [0.4, 0.5) is 0 Å². The molecule has 0 saturated carbocycles. The molecule has 0 aliphatic heterocycles. The molecule has 1 aromatic carbocycles. The number of nitrogens with zero attached hydrogens (tertiary/aromatic N) is 3. The fourth-order valence-electron chi connectivity index (χ4n) is 1.97. The molecule has 0 N–H and O–H groups in total. The number of aryl methyl sites for hydroxylation is 2. The van der Waals surface area contributed by atoms with Gasteiger partial charge in [0.1, 0.15) is 16.8 Å². The number of nitriles is 2. The van der Waals surface area contributed by atoms with E-state index >= 15 is 0 Å². The Hall–Kier alpha value is -2.50. The summed E-state index contributed by atoms with van der Waals surface area (Å²) in [7, 11) is 0. The van der Waals surface area contributed by atoms with Crippen LogP contribution >= 0.6 is 11.8 Å². The molecule has 0 bridgehead atoms. The largest absolute Gasteiger partial charge is 0.493 e. The predicted octanol–water partition coefficient (Wildman–Crippen LogP) is 3.61. The van der Waals surface area contributed by atoms with E-state index in [9.17, 15) is 5.26 Å². The Bertz CT molecular complexity index is 742. The molecule has 0 amide bonds. The van der Waals surface area contributed by atoms with E-state index in [0.29, 0.717) is 23.5 Å². The van der Waals surface area contributed by atoms with Crippen molar-refractivity contribution in [3.8, 4) is 17.9 Å². The second-order valence-electron chi connectivity index (χ2n) is 4.71. The molecule has 1 heterocycles. The lowest BCUT2D eigenvalue weighted by Crippen LogP contribution is -2.02. The molecular weight excluding hydrogens is 294 g/mol. The van der Waals surface area contributed by atoms with Crippen molar-refractivity contribution < 1.29 is 4.74 Å². The molecule has 1 aromatic heterocycles. The number of pyridine rings is 1. The highest BCUT2D eigenvalue weighted by molar-refractivity contribution is 7.99. The smallest absolute Gasteiger partial charge is 0.119 e. The second-order valence-corrected chi connectivity index (χ2v) is 5.79. The zero-order chi connectivity index (χ0) is 15.9. The van der Waals surface area contributed by atoms with Gasteiger partial charge in [0.05, 0.1) is 23.8 Å². The number of aromatic nitrogens is 1. The van der Waals surface area contributed by atoms with Gasteiger partial charge in [0, 0.05) is 11.4 Å². The minimum Gasteiger partial charge on any atom is -0.493 e. The maximum atomic E-state index is 9.21. The highest BCUT2D eigenvalue weighted by Gasteiger charge is 2.09. The maximum absolute atomic E-state index is 9.21. The van der Waals surface area contributed by atoms with Gasteiger partial charge in [-0.25, -0.2) is 4.98 Å². The number of thioether (sulfide) groups is 1. The molecule has 110 valence electrons. The van der Waals surface area contributed by atoms with Crippen LogP contribution in [-0.4, -0.2) is 17.3 Å². The zero-order valence-electron chi connectivity index (χ0n) is 12.5. The SMILES string of the molecule is Cc1cc(C)c(C#N)c(SCCOc2ccc(C#N)cc2)n1. The van der Waals surface area contributed by atoms with Crippen molar-refractivity contribution in [1.82, 2.24) is 4.98 Å². The van der Waals surface area contributed by atoms with Crippen LogP contribution < -0.4 is 4.74 Å². The lowest BCUT2D eigenvalue weighted by Gasteiger charge is -2.08. The first-order chi connectivity index (χ1) is 10.6. The van der Waals surface area contributed by atoms with Crippen molar-refractivity contribution in [2.45, 2.75) is 18.9 Å². The van der Waals surface area contributed by atoms with Crippen molar-refractivity contribution in [3.05, 3.63) is 52.7 Å². The van der Waals surface area contributed by atoms with Crippen LogP contribution in [0.15, 0.2) is 35.4 Å². The van der Waals surface area contributed by atoms with Gasteiger partial charge in [0.2, 0.25) is 0 Å². The van der Waals surface area contributed by atoms with Crippen molar-refractivity contribution in [2.24, 2.45) is 0 Å². The lowest BCUT2D eigenvalue weighted by molar-refractivity contribution is 0.344. The third-order valence-electron chi connectivity index (χ3n) is 3.00. The molecule has 5 heteroatoms. The highest BCUT2D eigenvalue weighted by Crippen LogP contribution is 2.23. The average molecular weight is 309 g/mol. The monoisotopic (exact) mass is 309 g/mol. The molecule has 4 nitrogen and oxygen atoms in total. The summed E-state index contributed by atoms with van der Waals surface area (Å²) in [5, 5.41) is 18.7. The van der Waals surface area contributed by atoms with Gasteiger partial charge in [-0.3, -0.25) is 0 Å². The van der Waals surface area contributed by atoms with Gasteiger partial charge in [-0.1, -0.05) is 0 Å². The highest BCUT2D eigenvalue weighted by atomic mass is 32.2. The quantitative estimate of drug-likeness (QED) is 0.623. The van der Waals surface area contributed by atoms with E-state index in [1.165, 1.54) is 11.8 Å². The molecule has 0 unspecified atom stereocenters. The molecule has 22 heavy (non-hydrogen) atoms. The first kappa shape index (κ1) is 15.9. The number of ether oxygens (including phenoxy) is 1. The van der Waals surface area contributed by atoms with Gasteiger partial charge in [-0.15, -0.1) is 11.8 Å². The van der Waals surface area contributed by atoms with Crippen molar-refractivity contribution in [1.29, 1.82) is 10.5 Å². The minimum atomic E-state index is 0.510. The van der Waals surface area contributed by atoms with Crippen LogP contribution in [0.2, 0.25) is 0 Å². The van der Waals surface area contributed by atoms with Crippen LogP contribution in [0.1, 0.15) is 22.4 Å². The molecule has 0 saturated heterocycles. The van der Waals surface area contributed by atoms with Crippen LogP contribution in [0, 0.1) is 36.5 Å². The molecule has 0 radical (unpaired) electrons. The van der Waals surface area contributed by atoms with Crippen molar-refractivity contribution in [3.63, 3.8) is 0 Å². The van der Waals surface area contributed by atoms with E-state index in [0.717, 1.165) is 22.0 Å². The summed E-state index contributed by atoms with van der Waals surface area (Å²) in [5.74, 6) is 1.43. The molecule has 2 rings (SSSR count). The molecule has 0 spiro atoms. The van der Waals surface area contributed by atoms with E-state index in [-0.39, 0.29) is 0 Å². The maximum Gasteiger partial charge on any atom is 0.119 e. The Kier molecular flexibility index (Phi) is 5.41. The van der Waals surface area contributed by atoms with E-state index < -0.39 is 0 Å². The van der Waals surface area contributed by atoms with Crippen molar-refractivity contribution in [2.75, 3.05) is 12.4 Å². The van der Waals surface area contributed by atoms with Gasteiger partial charge >= 0.3 is 0 Å². The summed E-state index contributed by atoms with van der Waals surface area (Å²) in [6, 6.07) is 13.2. The number of benzene rings is 1. The summed E-state index contributed by atoms with van der Waals surface area (Å²) in [6.45, 7) is 4.35. The van der Waals surface area contributed by atoms with Crippen molar-refractivity contribution >= 4 is 11.8 Å². The summed E-state index contributed by atoms with van der Waals surface area (Å²) in [6.07, 6.45) is 0. The number of hydrogen-bond donors (Lipinski definition) is 0. The van der Waals surface area contributed by atoms with E-state index in [1.807, 2.05) is 19.9 Å². The van der Waals surface area contributed by atoms with Crippen LogP contribution in [-0.2, 0) is 0 Å². The summed E-state index contributed by atoms with van der Waals surface area (Å²) in [5.41, 5.74) is 3.10. The average Bonchev–Trinajstić information content (AvgIpc) is 2.52. The third-order valence-corrected chi connectivity index (χ3v) is 3.94. The second kappa shape index (κ2) is 7.49. The summed E-state index contributed by atoms with van der Waals surface area (Å²) >= 11 is 1.52. The molecular formula is C17H15N3OS. The Morgan fingerprint density at radius 3 is 2.50 bits per heavy atom. The topological polar surface area (TPSA) is 69.7 Å². The molecule has 2 aromatic rings. The normalized spacial score (nSPS) is 9.82. The van der Waals surface area contributed by atoms with E-state index in [1.54, 1.807) is 24.3 Å². The lowest BCUT2D eigenvalue weighted by atomic mass is 10.1. The Morgan fingerprint density at radius 2 is 1.86 bits per heavy atom. The minimum absolute atomic E-state index is 0.510. The van der Waals surface area contributed by atoms with Gasteiger partial charge in [-0.2, -0.15) is 10.5 Å². The van der Waals surface area contributed by atoms with Gasteiger partial charge in [0.15, 0.2) is 0 Å². The zero-order valence-corrected chi connectivity index (χ0v) is 13.3. The summed E-state index contributed by atoms with van der Waals surface area (Å²) < 4.78 is 5.62. The van der Waals surface area contributed by atoms with E-state index in [2.05, 4.69) is 17.1 Å². The van der Waals surface area contributed by atoms with Crippen LogP contribution in [0.5, 0.6) is 5.75 Å².